The van der Waals surface area contributed by atoms with E-state index >= 15 is 0 Å². The zero-order valence-electron chi connectivity index (χ0n) is 10.2. The minimum atomic E-state index is -1.34. The molecule has 2 atom stereocenters. The van der Waals surface area contributed by atoms with Crippen LogP contribution in [0.2, 0.25) is 0 Å². The summed E-state index contributed by atoms with van der Waals surface area (Å²) in [4.78, 5) is 0. The van der Waals surface area contributed by atoms with Gasteiger partial charge in [0.05, 0.1) is 11.5 Å². The van der Waals surface area contributed by atoms with Crippen LogP contribution in [0.5, 0.6) is 0 Å². The van der Waals surface area contributed by atoms with Gasteiger partial charge in [-0.05, 0) is 25.7 Å². The van der Waals surface area contributed by atoms with Gasteiger partial charge in [0.1, 0.15) is 5.91 Å². The van der Waals surface area contributed by atoms with E-state index < -0.39 is 8.80 Å². The van der Waals surface area contributed by atoms with E-state index in [1.54, 1.807) is 14.2 Å². The lowest BCUT2D eigenvalue weighted by atomic mass is 10.4. The van der Waals surface area contributed by atoms with Gasteiger partial charge < -0.3 is 18.9 Å². The molecular formula is C11H22O4Si. The Morgan fingerprint density at radius 2 is 1.50 bits per heavy atom. The van der Waals surface area contributed by atoms with Gasteiger partial charge in [-0.3, -0.25) is 0 Å². The Morgan fingerprint density at radius 1 is 1.00 bits per heavy atom. The van der Waals surface area contributed by atoms with Gasteiger partial charge in [0.25, 0.3) is 0 Å². The minimum Gasteiger partial charge on any atom is -0.382 e. The summed E-state index contributed by atoms with van der Waals surface area (Å²) in [5, 5.41) is 0. The van der Waals surface area contributed by atoms with Crippen molar-refractivity contribution in [1.82, 2.24) is 0 Å². The topological polar surface area (TPSA) is 36.9 Å². The zero-order chi connectivity index (χ0) is 11.4. The Balaban J connectivity index is 2.03. The number of hydrogen-bond donors (Lipinski definition) is 0. The van der Waals surface area contributed by atoms with Crippen LogP contribution in [0.3, 0.4) is 0 Å². The van der Waals surface area contributed by atoms with Crippen molar-refractivity contribution in [2.24, 2.45) is 0 Å². The van der Waals surface area contributed by atoms with Crippen molar-refractivity contribution in [1.29, 1.82) is 0 Å². The first-order valence-corrected chi connectivity index (χ1v) is 8.15. The Hall–Kier alpha value is 0.0569. The molecule has 0 aromatic heterocycles. The maximum atomic E-state index is 5.83. The summed E-state index contributed by atoms with van der Waals surface area (Å²) in [6.07, 6.45) is 4.64. The second kappa shape index (κ2) is 6.12. The third kappa shape index (κ3) is 2.65. The molecule has 0 aliphatic carbocycles. The van der Waals surface area contributed by atoms with Gasteiger partial charge in [0, 0.05) is 27.4 Å². The maximum Gasteiger partial charge on any atom is 0.170 e. The summed E-state index contributed by atoms with van der Waals surface area (Å²) in [6, 6.07) is 0. The Labute approximate surface area is 98.8 Å². The van der Waals surface area contributed by atoms with Gasteiger partial charge in [-0.15, -0.1) is 0 Å². The van der Waals surface area contributed by atoms with Crippen LogP contribution >= 0.6 is 0 Å². The summed E-state index contributed by atoms with van der Waals surface area (Å²) in [7, 11) is 2.10. The van der Waals surface area contributed by atoms with E-state index in [-0.39, 0.29) is 5.91 Å². The zero-order valence-corrected chi connectivity index (χ0v) is 11.3. The van der Waals surface area contributed by atoms with Crippen LogP contribution in [0.25, 0.3) is 0 Å². The van der Waals surface area contributed by atoms with Crippen molar-refractivity contribution in [3.05, 3.63) is 0 Å². The highest BCUT2D eigenvalue weighted by Crippen LogP contribution is 2.26. The first kappa shape index (κ1) is 12.5. The average Bonchev–Trinajstić information content (AvgIpc) is 2.98. The van der Waals surface area contributed by atoms with Gasteiger partial charge in [0.15, 0.2) is 8.80 Å². The van der Waals surface area contributed by atoms with Crippen molar-refractivity contribution in [2.75, 3.05) is 27.4 Å². The van der Waals surface area contributed by atoms with Crippen LogP contribution in [0.1, 0.15) is 25.7 Å². The molecule has 2 unspecified atom stereocenters. The van der Waals surface area contributed by atoms with Crippen molar-refractivity contribution in [2.45, 2.75) is 43.1 Å². The average molecular weight is 246 g/mol. The molecule has 2 saturated heterocycles. The van der Waals surface area contributed by atoms with Crippen LogP contribution < -0.4 is 0 Å². The third-order valence-electron chi connectivity index (χ3n) is 3.57. The van der Waals surface area contributed by atoms with E-state index in [1.165, 1.54) is 12.8 Å². The van der Waals surface area contributed by atoms with Gasteiger partial charge in [-0.2, -0.15) is 0 Å². The van der Waals surface area contributed by atoms with Crippen LogP contribution in [0.4, 0.5) is 0 Å². The van der Waals surface area contributed by atoms with Crippen molar-refractivity contribution < 1.29 is 18.9 Å². The summed E-state index contributed by atoms with van der Waals surface area (Å²) >= 11 is 0. The Morgan fingerprint density at radius 3 is 1.81 bits per heavy atom. The molecule has 5 heteroatoms. The van der Waals surface area contributed by atoms with Gasteiger partial charge in [0.2, 0.25) is 0 Å². The molecule has 2 aliphatic heterocycles. The molecule has 2 heterocycles. The predicted octanol–water partition coefficient (Wildman–Crippen LogP) is 0.808. The van der Waals surface area contributed by atoms with E-state index in [0.717, 1.165) is 26.1 Å². The molecular weight excluding hydrogens is 224 g/mol. The number of rotatable bonds is 5. The third-order valence-corrected chi connectivity index (χ3v) is 7.51. The molecule has 4 nitrogen and oxygen atoms in total. The molecule has 2 fully saturated rings. The monoisotopic (exact) mass is 246 g/mol. The van der Waals surface area contributed by atoms with Gasteiger partial charge >= 0.3 is 0 Å². The van der Waals surface area contributed by atoms with E-state index in [9.17, 15) is 0 Å². The van der Waals surface area contributed by atoms with Crippen molar-refractivity contribution in [3.8, 4) is 0 Å². The van der Waals surface area contributed by atoms with Crippen molar-refractivity contribution >= 4 is 8.80 Å². The number of hydrogen-bond acceptors (Lipinski definition) is 4. The molecule has 0 saturated carbocycles. The number of ether oxygens (including phenoxy) is 4. The smallest absolute Gasteiger partial charge is 0.170 e. The molecule has 0 aromatic rings. The predicted molar refractivity (Wildman–Crippen MR) is 62.9 cm³/mol. The first-order chi connectivity index (χ1) is 7.86. The fourth-order valence-corrected chi connectivity index (χ4v) is 6.58. The molecule has 0 bridgehead atoms. The molecule has 0 aromatic carbocycles. The standard InChI is InChI=1S/C11H22O4Si/c1-12-11(13-2)16(9-5-3-7-14-9)10-6-4-8-15-10/h9-11,16H,3-8H2,1-2H3. The Kier molecular flexibility index (Phi) is 4.78. The molecule has 0 amide bonds. The van der Waals surface area contributed by atoms with Gasteiger partial charge in [-0.25, -0.2) is 0 Å². The Bertz CT molecular complexity index is 179. The highest BCUT2D eigenvalue weighted by atomic mass is 28.3. The SMILES string of the molecule is COC(OC)[SiH](C1CCCO1)C1CCCO1. The highest BCUT2D eigenvalue weighted by molar-refractivity contribution is 6.62. The molecule has 2 aliphatic rings. The maximum absolute atomic E-state index is 5.83. The van der Waals surface area contributed by atoms with Crippen LogP contribution in [-0.4, -0.2) is 53.6 Å². The summed E-state index contributed by atoms with van der Waals surface area (Å²) in [6.45, 7) is 1.78. The normalized spacial score (nSPS) is 32.4. The lowest BCUT2D eigenvalue weighted by molar-refractivity contribution is -0.0569. The second-order valence-corrected chi connectivity index (χ2v) is 7.71. The van der Waals surface area contributed by atoms with Crippen molar-refractivity contribution in [3.63, 3.8) is 0 Å². The molecule has 94 valence electrons. The minimum absolute atomic E-state index is 0.0776. The van der Waals surface area contributed by atoms with E-state index in [4.69, 9.17) is 18.9 Å². The number of methoxy groups -OCH3 is 2. The van der Waals surface area contributed by atoms with Crippen LogP contribution in [0.15, 0.2) is 0 Å². The lowest BCUT2D eigenvalue weighted by Gasteiger charge is -2.31. The molecule has 0 radical (unpaired) electrons. The second-order valence-electron chi connectivity index (χ2n) is 4.52. The molecule has 0 spiro atoms. The summed E-state index contributed by atoms with van der Waals surface area (Å²) in [5.74, 6) is -0.0776. The first-order valence-electron chi connectivity index (χ1n) is 6.15. The quantitative estimate of drug-likeness (QED) is 0.531. The fourth-order valence-electron chi connectivity index (χ4n) is 2.81. The summed E-state index contributed by atoms with van der Waals surface area (Å²) in [5.41, 5.74) is 0.737. The van der Waals surface area contributed by atoms with Crippen LogP contribution in [0, 0.1) is 0 Å². The summed E-state index contributed by atoms with van der Waals surface area (Å²) < 4.78 is 22.6. The van der Waals surface area contributed by atoms with Gasteiger partial charge in [-0.1, -0.05) is 0 Å². The lowest BCUT2D eigenvalue weighted by Crippen LogP contribution is -2.52. The fraction of sp³-hybridized carbons (Fsp3) is 1.00. The highest BCUT2D eigenvalue weighted by Gasteiger charge is 2.42. The molecule has 2 rings (SSSR count). The van der Waals surface area contributed by atoms with Crippen LogP contribution in [-0.2, 0) is 18.9 Å². The molecule has 16 heavy (non-hydrogen) atoms. The largest absolute Gasteiger partial charge is 0.382 e. The van der Waals surface area contributed by atoms with E-state index in [0.29, 0.717) is 11.5 Å². The van der Waals surface area contributed by atoms with E-state index in [1.807, 2.05) is 0 Å². The molecule has 0 N–H and O–H groups in total. The van der Waals surface area contributed by atoms with E-state index in [2.05, 4.69) is 0 Å².